The molecule has 2 rings (SSSR count). The summed E-state index contributed by atoms with van der Waals surface area (Å²) in [6.45, 7) is 3.00. The highest BCUT2D eigenvalue weighted by Gasteiger charge is 2.38. The van der Waals surface area contributed by atoms with Crippen molar-refractivity contribution in [3.63, 3.8) is 0 Å². The number of carbonyl (C=O) groups is 2. The molecular formula is C13H18N2O4. The van der Waals surface area contributed by atoms with E-state index in [-0.39, 0.29) is 18.4 Å². The summed E-state index contributed by atoms with van der Waals surface area (Å²) < 4.78 is 5.25. The van der Waals surface area contributed by atoms with E-state index in [9.17, 15) is 9.59 Å². The summed E-state index contributed by atoms with van der Waals surface area (Å²) in [7, 11) is 1.78. The van der Waals surface area contributed by atoms with E-state index in [1.807, 2.05) is 13.0 Å². The Hall–Kier alpha value is -1.82. The van der Waals surface area contributed by atoms with E-state index in [2.05, 4.69) is 0 Å². The van der Waals surface area contributed by atoms with Gasteiger partial charge in [-0.05, 0) is 26.1 Å². The third-order valence-electron chi connectivity index (χ3n) is 3.46. The maximum atomic E-state index is 12.4. The molecule has 2 atom stereocenters. The second-order valence-electron chi connectivity index (χ2n) is 4.95. The lowest BCUT2D eigenvalue weighted by molar-refractivity contribution is -0.151. The Morgan fingerprint density at radius 1 is 1.58 bits per heavy atom. The fraction of sp³-hybridized carbons (Fsp3) is 0.538. The molecule has 1 saturated heterocycles. The quantitative estimate of drug-likeness (QED) is 0.872. The van der Waals surface area contributed by atoms with Crippen molar-refractivity contribution in [1.29, 1.82) is 0 Å². The maximum Gasteiger partial charge on any atom is 0.305 e. The monoisotopic (exact) mass is 266 g/mol. The molecule has 6 nitrogen and oxygen atoms in total. The van der Waals surface area contributed by atoms with Crippen LogP contribution in [0.4, 0.5) is 0 Å². The first kappa shape index (κ1) is 13.6. The molecule has 0 aliphatic carbocycles. The molecule has 0 aromatic carbocycles. The molecule has 0 radical (unpaired) electrons. The van der Waals surface area contributed by atoms with E-state index < -0.39 is 12.0 Å². The minimum Gasteiger partial charge on any atom is -0.481 e. The molecule has 0 spiro atoms. The molecule has 1 aliphatic rings. The average molecular weight is 266 g/mol. The van der Waals surface area contributed by atoms with E-state index >= 15 is 0 Å². The number of aliphatic carboxylic acids is 1. The molecule has 1 aromatic rings. The van der Waals surface area contributed by atoms with Crippen molar-refractivity contribution in [3.05, 3.63) is 24.2 Å². The number of piperazine rings is 1. The molecule has 104 valence electrons. The van der Waals surface area contributed by atoms with Crippen molar-refractivity contribution < 1.29 is 19.1 Å². The van der Waals surface area contributed by atoms with Gasteiger partial charge in [0.25, 0.3) is 0 Å². The van der Waals surface area contributed by atoms with E-state index in [1.165, 1.54) is 0 Å². The van der Waals surface area contributed by atoms with Crippen LogP contribution in [0.25, 0.3) is 0 Å². The topological polar surface area (TPSA) is 74.0 Å². The van der Waals surface area contributed by atoms with Crippen LogP contribution in [0.3, 0.4) is 0 Å². The highest BCUT2D eigenvalue weighted by Crippen LogP contribution is 2.20. The number of furan rings is 1. The van der Waals surface area contributed by atoms with E-state index in [4.69, 9.17) is 9.52 Å². The molecule has 1 N–H and O–H groups in total. The van der Waals surface area contributed by atoms with Crippen LogP contribution in [0.15, 0.2) is 22.8 Å². The third kappa shape index (κ3) is 2.96. The van der Waals surface area contributed by atoms with Crippen molar-refractivity contribution >= 4 is 11.9 Å². The number of nitrogens with zero attached hydrogens (tertiary/aromatic N) is 2. The van der Waals surface area contributed by atoms with Gasteiger partial charge >= 0.3 is 5.97 Å². The summed E-state index contributed by atoms with van der Waals surface area (Å²) in [5.74, 6) is -0.406. The fourth-order valence-electron chi connectivity index (χ4n) is 2.45. The number of carboxylic acids is 1. The van der Waals surface area contributed by atoms with Crippen LogP contribution < -0.4 is 0 Å². The Labute approximate surface area is 111 Å². The molecule has 0 saturated carbocycles. The smallest absolute Gasteiger partial charge is 0.305 e. The molecular weight excluding hydrogens is 248 g/mol. The van der Waals surface area contributed by atoms with Gasteiger partial charge in [-0.25, -0.2) is 0 Å². The zero-order valence-electron chi connectivity index (χ0n) is 11.1. The molecule has 1 fully saturated rings. The molecule has 1 aromatic heterocycles. The number of hydrogen-bond acceptors (Lipinski definition) is 4. The van der Waals surface area contributed by atoms with E-state index in [0.29, 0.717) is 18.8 Å². The van der Waals surface area contributed by atoms with Crippen molar-refractivity contribution in [3.8, 4) is 0 Å². The normalized spacial score (nSPS) is 24.7. The van der Waals surface area contributed by atoms with Crippen LogP contribution in [-0.2, 0) is 16.1 Å². The Kier molecular flexibility index (Phi) is 3.90. The fourth-order valence-corrected chi connectivity index (χ4v) is 2.45. The Bertz CT molecular complexity index is 457. The SMILES string of the molecule is CC1CN(C)C(CC(=O)O)C(=O)N1Cc1ccco1. The summed E-state index contributed by atoms with van der Waals surface area (Å²) in [6.07, 6.45) is 1.39. The number of hydrogen-bond donors (Lipinski definition) is 1. The lowest BCUT2D eigenvalue weighted by Crippen LogP contribution is -2.59. The summed E-state index contributed by atoms with van der Waals surface area (Å²) >= 11 is 0. The lowest BCUT2D eigenvalue weighted by atomic mass is 10.0. The van der Waals surface area contributed by atoms with Crippen LogP contribution in [-0.4, -0.2) is 52.5 Å². The Morgan fingerprint density at radius 2 is 2.32 bits per heavy atom. The van der Waals surface area contributed by atoms with Gasteiger partial charge in [0.1, 0.15) is 5.76 Å². The van der Waals surface area contributed by atoms with Gasteiger partial charge in [0, 0.05) is 12.6 Å². The standard InChI is InChI=1S/C13H18N2O4/c1-9-7-14(2)11(6-12(16)17)13(18)15(9)8-10-4-3-5-19-10/h3-5,9,11H,6-8H2,1-2H3,(H,16,17). The second-order valence-corrected chi connectivity index (χ2v) is 4.95. The van der Waals surface area contributed by atoms with Gasteiger partial charge in [-0.1, -0.05) is 0 Å². The number of carboxylic acid groups (broad SMARTS) is 1. The van der Waals surface area contributed by atoms with Crippen molar-refractivity contribution in [2.75, 3.05) is 13.6 Å². The van der Waals surface area contributed by atoms with Crippen LogP contribution in [0.2, 0.25) is 0 Å². The van der Waals surface area contributed by atoms with Crippen molar-refractivity contribution in [2.24, 2.45) is 0 Å². The van der Waals surface area contributed by atoms with E-state index in [1.54, 1.807) is 29.2 Å². The van der Waals surface area contributed by atoms with Crippen LogP contribution in [0, 0.1) is 0 Å². The number of amides is 1. The summed E-state index contributed by atoms with van der Waals surface area (Å²) in [5.41, 5.74) is 0. The molecule has 6 heteroatoms. The summed E-state index contributed by atoms with van der Waals surface area (Å²) in [5, 5.41) is 8.89. The average Bonchev–Trinajstić information content (AvgIpc) is 2.82. The summed E-state index contributed by atoms with van der Waals surface area (Å²) in [6, 6.07) is 3.02. The van der Waals surface area contributed by atoms with Gasteiger partial charge in [0.2, 0.25) is 5.91 Å². The van der Waals surface area contributed by atoms with E-state index in [0.717, 1.165) is 0 Å². The number of carbonyl (C=O) groups excluding carboxylic acids is 1. The summed E-state index contributed by atoms with van der Waals surface area (Å²) in [4.78, 5) is 26.7. The van der Waals surface area contributed by atoms with Gasteiger partial charge in [0.05, 0.1) is 25.3 Å². The largest absolute Gasteiger partial charge is 0.481 e. The van der Waals surface area contributed by atoms with Gasteiger partial charge in [-0.3, -0.25) is 14.5 Å². The van der Waals surface area contributed by atoms with Crippen molar-refractivity contribution in [1.82, 2.24) is 9.80 Å². The van der Waals surface area contributed by atoms with Gasteiger partial charge in [-0.15, -0.1) is 0 Å². The molecule has 2 heterocycles. The van der Waals surface area contributed by atoms with Gasteiger partial charge < -0.3 is 14.4 Å². The highest BCUT2D eigenvalue weighted by atomic mass is 16.4. The predicted molar refractivity (Wildman–Crippen MR) is 67.4 cm³/mol. The number of rotatable bonds is 4. The molecule has 2 unspecified atom stereocenters. The zero-order valence-corrected chi connectivity index (χ0v) is 11.1. The maximum absolute atomic E-state index is 12.4. The first-order valence-corrected chi connectivity index (χ1v) is 6.24. The van der Waals surface area contributed by atoms with Gasteiger partial charge in [0.15, 0.2) is 0 Å². The predicted octanol–water partition coefficient (Wildman–Crippen LogP) is 0.785. The number of likely N-dealkylation sites (N-methyl/N-ethyl adjacent to an activating group) is 1. The minimum atomic E-state index is -0.960. The first-order chi connectivity index (χ1) is 8.99. The highest BCUT2D eigenvalue weighted by molar-refractivity contribution is 5.87. The Morgan fingerprint density at radius 3 is 2.89 bits per heavy atom. The Balaban J connectivity index is 2.13. The lowest BCUT2D eigenvalue weighted by Gasteiger charge is -2.42. The second kappa shape index (κ2) is 5.44. The van der Waals surface area contributed by atoms with Crippen LogP contribution in [0.5, 0.6) is 0 Å². The zero-order chi connectivity index (χ0) is 14.0. The van der Waals surface area contributed by atoms with Crippen LogP contribution >= 0.6 is 0 Å². The molecule has 1 aliphatic heterocycles. The van der Waals surface area contributed by atoms with Crippen molar-refractivity contribution in [2.45, 2.75) is 32.0 Å². The molecule has 19 heavy (non-hydrogen) atoms. The molecule has 1 amide bonds. The van der Waals surface area contributed by atoms with Gasteiger partial charge in [-0.2, -0.15) is 0 Å². The molecule has 0 bridgehead atoms. The third-order valence-corrected chi connectivity index (χ3v) is 3.46. The minimum absolute atomic E-state index is 0.0349. The first-order valence-electron chi connectivity index (χ1n) is 6.24. The van der Waals surface area contributed by atoms with Crippen LogP contribution in [0.1, 0.15) is 19.1 Å².